The van der Waals surface area contributed by atoms with E-state index in [1.165, 1.54) is 12.1 Å². The molecule has 112 valence electrons. The molecule has 0 spiro atoms. The zero-order valence-corrected chi connectivity index (χ0v) is 12.8. The summed E-state index contributed by atoms with van der Waals surface area (Å²) < 4.78 is 5.48. The van der Waals surface area contributed by atoms with Gasteiger partial charge in [-0.2, -0.15) is 0 Å². The lowest BCUT2D eigenvalue weighted by molar-refractivity contribution is 0.0172. The maximum absolute atomic E-state index is 12.0. The van der Waals surface area contributed by atoms with Gasteiger partial charge in [-0.05, 0) is 44.3 Å². The molecule has 1 aromatic carbocycles. The molecular formula is C16H25NO3. The summed E-state index contributed by atoms with van der Waals surface area (Å²) in [5.74, 6) is 0.0735. The van der Waals surface area contributed by atoms with E-state index >= 15 is 0 Å². The van der Waals surface area contributed by atoms with Gasteiger partial charge >= 0.3 is 5.97 Å². The van der Waals surface area contributed by atoms with Gasteiger partial charge in [0.05, 0.1) is 5.56 Å². The normalized spacial score (nSPS) is 14.1. The van der Waals surface area contributed by atoms with Crippen LogP contribution in [0.15, 0.2) is 24.3 Å². The third-order valence-electron chi connectivity index (χ3n) is 3.64. The second-order valence-corrected chi connectivity index (χ2v) is 5.12. The van der Waals surface area contributed by atoms with Crippen molar-refractivity contribution in [3.8, 4) is 5.75 Å². The summed E-state index contributed by atoms with van der Waals surface area (Å²) in [7, 11) is 0. The second-order valence-electron chi connectivity index (χ2n) is 5.12. The lowest BCUT2D eigenvalue weighted by Gasteiger charge is -2.26. The van der Waals surface area contributed by atoms with Gasteiger partial charge in [0.15, 0.2) is 0 Å². The Morgan fingerprint density at radius 2 is 1.75 bits per heavy atom. The number of phenols is 1. The summed E-state index contributed by atoms with van der Waals surface area (Å²) in [5, 5.41) is 9.20. The zero-order chi connectivity index (χ0) is 15.1. The largest absolute Gasteiger partial charge is 0.508 e. The molecule has 0 saturated carbocycles. The van der Waals surface area contributed by atoms with Crippen molar-refractivity contribution >= 4 is 5.97 Å². The van der Waals surface area contributed by atoms with Crippen molar-refractivity contribution in [1.29, 1.82) is 0 Å². The van der Waals surface area contributed by atoms with Crippen LogP contribution in [0.25, 0.3) is 0 Å². The molecule has 0 bridgehead atoms. The van der Waals surface area contributed by atoms with Crippen molar-refractivity contribution in [1.82, 2.24) is 4.90 Å². The van der Waals surface area contributed by atoms with Crippen molar-refractivity contribution < 1.29 is 14.6 Å². The minimum absolute atomic E-state index is 0.142. The topological polar surface area (TPSA) is 49.8 Å². The highest BCUT2D eigenvalue weighted by Crippen LogP contribution is 2.14. The van der Waals surface area contributed by atoms with Gasteiger partial charge in [-0.15, -0.1) is 0 Å². The van der Waals surface area contributed by atoms with Crippen LogP contribution in [0.3, 0.4) is 0 Å². The molecule has 0 aliphatic heterocycles. The fraction of sp³-hybridized carbons (Fsp3) is 0.562. The van der Waals surface area contributed by atoms with Gasteiger partial charge in [-0.25, -0.2) is 4.79 Å². The minimum atomic E-state index is -0.344. The van der Waals surface area contributed by atoms with Gasteiger partial charge in [0.1, 0.15) is 11.9 Å². The Morgan fingerprint density at radius 3 is 2.25 bits per heavy atom. The van der Waals surface area contributed by atoms with E-state index in [-0.39, 0.29) is 23.7 Å². The number of hydrogen-bond acceptors (Lipinski definition) is 4. The number of carbonyl (C=O) groups excluding carboxylic acids is 1. The molecule has 4 nitrogen and oxygen atoms in total. The molecule has 0 amide bonds. The van der Waals surface area contributed by atoms with E-state index in [1.54, 1.807) is 12.1 Å². The third-order valence-corrected chi connectivity index (χ3v) is 3.64. The second kappa shape index (κ2) is 7.90. The molecule has 0 heterocycles. The van der Waals surface area contributed by atoms with Gasteiger partial charge in [-0.3, -0.25) is 0 Å². The van der Waals surface area contributed by atoms with E-state index in [2.05, 4.69) is 25.7 Å². The molecular weight excluding hydrogens is 254 g/mol. The summed E-state index contributed by atoms with van der Waals surface area (Å²) >= 11 is 0. The average Bonchev–Trinajstić information content (AvgIpc) is 2.44. The van der Waals surface area contributed by atoms with Crippen LogP contribution in [0.4, 0.5) is 0 Å². The number of carbonyl (C=O) groups is 1. The molecule has 0 aliphatic carbocycles. The van der Waals surface area contributed by atoms with Crippen LogP contribution in [0, 0.1) is 5.92 Å². The standard InChI is InChI=1S/C16H25NO3/c1-5-17(6-2)11-12(3)13(4)20-16(19)14-7-9-15(18)10-8-14/h7-10,12-13,18H,5-6,11H2,1-4H3/t12-,13+/m1/s1. The molecule has 2 atom stereocenters. The van der Waals surface area contributed by atoms with E-state index in [0.29, 0.717) is 5.56 Å². The molecule has 0 radical (unpaired) electrons. The van der Waals surface area contributed by atoms with Crippen LogP contribution < -0.4 is 0 Å². The molecule has 0 saturated heterocycles. The van der Waals surface area contributed by atoms with E-state index < -0.39 is 0 Å². The molecule has 0 fully saturated rings. The number of hydrogen-bond donors (Lipinski definition) is 1. The highest BCUT2D eigenvalue weighted by Gasteiger charge is 2.19. The van der Waals surface area contributed by atoms with Crippen LogP contribution in [0.1, 0.15) is 38.1 Å². The Hall–Kier alpha value is -1.55. The molecule has 1 rings (SSSR count). The lowest BCUT2D eigenvalue weighted by Crippen LogP contribution is -2.34. The highest BCUT2D eigenvalue weighted by molar-refractivity contribution is 5.89. The third kappa shape index (κ3) is 4.85. The number of nitrogens with zero attached hydrogens (tertiary/aromatic N) is 1. The predicted octanol–water partition coefficient (Wildman–Crippen LogP) is 2.92. The van der Waals surface area contributed by atoms with E-state index in [9.17, 15) is 9.90 Å². The van der Waals surface area contributed by atoms with Crippen molar-refractivity contribution in [2.24, 2.45) is 5.92 Å². The van der Waals surface area contributed by atoms with Crippen LogP contribution in [0.2, 0.25) is 0 Å². The van der Waals surface area contributed by atoms with Crippen LogP contribution in [-0.4, -0.2) is 41.7 Å². The summed E-state index contributed by atoms with van der Waals surface area (Å²) in [6.07, 6.45) is -0.142. The average molecular weight is 279 g/mol. The number of benzene rings is 1. The van der Waals surface area contributed by atoms with Crippen LogP contribution >= 0.6 is 0 Å². The van der Waals surface area contributed by atoms with Crippen LogP contribution in [-0.2, 0) is 4.74 Å². The smallest absolute Gasteiger partial charge is 0.338 e. The Morgan fingerprint density at radius 1 is 1.20 bits per heavy atom. The summed E-state index contributed by atoms with van der Waals surface area (Å²) in [6.45, 7) is 11.2. The molecule has 1 N–H and O–H groups in total. The maximum Gasteiger partial charge on any atom is 0.338 e. The Labute approximate surface area is 121 Å². The zero-order valence-electron chi connectivity index (χ0n) is 12.8. The van der Waals surface area contributed by atoms with Gasteiger partial charge < -0.3 is 14.7 Å². The highest BCUT2D eigenvalue weighted by atomic mass is 16.5. The number of ether oxygens (including phenoxy) is 1. The first kappa shape index (κ1) is 16.5. The molecule has 20 heavy (non-hydrogen) atoms. The molecule has 0 aliphatic rings. The maximum atomic E-state index is 12.0. The first-order valence-corrected chi connectivity index (χ1v) is 7.20. The van der Waals surface area contributed by atoms with Crippen LogP contribution in [0.5, 0.6) is 5.75 Å². The first-order chi connectivity index (χ1) is 9.47. The summed E-state index contributed by atoms with van der Waals surface area (Å²) in [4.78, 5) is 14.3. The molecule has 1 aromatic rings. The van der Waals surface area contributed by atoms with E-state index in [4.69, 9.17) is 4.74 Å². The minimum Gasteiger partial charge on any atom is -0.508 e. The van der Waals surface area contributed by atoms with Crippen molar-refractivity contribution in [2.45, 2.75) is 33.8 Å². The molecule has 0 aromatic heterocycles. The van der Waals surface area contributed by atoms with Gasteiger partial charge in [0.25, 0.3) is 0 Å². The Balaban J connectivity index is 2.54. The fourth-order valence-electron chi connectivity index (χ4n) is 1.99. The van der Waals surface area contributed by atoms with Gasteiger partial charge in [0.2, 0.25) is 0 Å². The quantitative estimate of drug-likeness (QED) is 0.780. The van der Waals surface area contributed by atoms with Crippen molar-refractivity contribution in [2.75, 3.05) is 19.6 Å². The Kier molecular flexibility index (Phi) is 6.52. The number of rotatable bonds is 7. The summed E-state index contributed by atoms with van der Waals surface area (Å²) in [6, 6.07) is 6.11. The number of aromatic hydroxyl groups is 1. The molecule has 0 unspecified atom stereocenters. The predicted molar refractivity (Wildman–Crippen MR) is 79.9 cm³/mol. The van der Waals surface area contributed by atoms with Gasteiger partial charge in [0, 0.05) is 12.5 Å². The number of phenolic OH excluding ortho intramolecular Hbond substituents is 1. The lowest BCUT2D eigenvalue weighted by atomic mass is 10.1. The van der Waals surface area contributed by atoms with E-state index in [1.807, 2.05) is 6.92 Å². The summed E-state index contributed by atoms with van der Waals surface area (Å²) in [5.41, 5.74) is 0.463. The first-order valence-electron chi connectivity index (χ1n) is 7.20. The van der Waals surface area contributed by atoms with Crippen molar-refractivity contribution in [3.63, 3.8) is 0 Å². The fourth-order valence-corrected chi connectivity index (χ4v) is 1.99. The van der Waals surface area contributed by atoms with Crippen molar-refractivity contribution in [3.05, 3.63) is 29.8 Å². The SMILES string of the molecule is CCN(CC)C[C@@H](C)[C@H](C)OC(=O)c1ccc(O)cc1. The van der Waals surface area contributed by atoms with Gasteiger partial charge in [-0.1, -0.05) is 20.8 Å². The Bertz CT molecular complexity index is 412. The number of esters is 1. The monoisotopic (exact) mass is 279 g/mol. The van der Waals surface area contributed by atoms with E-state index in [0.717, 1.165) is 19.6 Å². The molecule has 4 heteroatoms.